The van der Waals surface area contributed by atoms with Crippen molar-refractivity contribution in [3.05, 3.63) is 94.3 Å². The molecule has 2 atom stereocenters. The van der Waals surface area contributed by atoms with Gasteiger partial charge in [0.2, 0.25) is 5.91 Å². The van der Waals surface area contributed by atoms with E-state index in [0.29, 0.717) is 49.6 Å². The highest BCUT2D eigenvalue weighted by atomic mass is 35.5. The van der Waals surface area contributed by atoms with Gasteiger partial charge >= 0.3 is 0 Å². The summed E-state index contributed by atoms with van der Waals surface area (Å²) in [6, 6.07) is 19.9. The van der Waals surface area contributed by atoms with Gasteiger partial charge in [-0.1, -0.05) is 48.0 Å². The highest BCUT2D eigenvalue weighted by Crippen LogP contribution is 2.26. The van der Waals surface area contributed by atoms with Gasteiger partial charge in [0, 0.05) is 48.9 Å². The van der Waals surface area contributed by atoms with Crippen molar-refractivity contribution in [2.24, 2.45) is 0 Å². The third-order valence-electron chi connectivity index (χ3n) is 6.71. The maximum atomic E-state index is 14.0. The fourth-order valence-electron chi connectivity index (χ4n) is 4.76. The number of hydrogen-bond acceptors (Lipinski definition) is 5. The number of nitrogens with one attached hydrogen (secondary N) is 2. The summed E-state index contributed by atoms with van der Waals surface area (Å²) in [4.78, 5) is 15.4. The van der Waals surface area contributed by atoms with E-state index in [2.05, 4.69) is 15.5 Å². The van der Waals surface area contributed by atoms with E-state index in [0.717, 1.165) is 22.6 Å². The van der Waals surface area contributed by atoms with E-state index in [1.165, 1.54) is 6.07 Å². The number of likely N-dealkylation sites (tertiary alicyclic amines) is 1. The molecule has 0 spiro atoms. The lowest BCUT2D eigenvalue weighted by molar-refractivity contribution is -0.125. The van der Waals surface area contributed by atoms with E-state index >= 15 is 0 Å². The van der Waals surface area contributed by atoms with E-state index in [1.54, 1.807) is 32.4 Å². The Hall–Kier alpha value is -3.13. The molecule has 2 N–H and O–H groups in total. The van der Waals surface area contributed by atoms with Gasteiger partial charge in [0.25, 0.3) is 0 Å². The van der Waals surface area contributed by atoms with Gasteiger partial charge in [0.15, 0.2) is 0 Å². The molecular formula is C29H33ClFN3O3. The number of hydrogen-bond donors (Lipinski definition) is 2. The van der Waals surface area contributed by atoms with Crippen LogP contribution in [-0.2, 0) is 24.3 Å². The van der Waals surface area contributed by atoms with Crippen LogP contribution in [0, 0.1) is 5.82 Å². The van der Waals surface area contributed by atoms with E-state index in [-0.39, 0.29) is 23.8 Å². The second kappa shape index (κ2) is 12.9. The molecule has 4 rings (SSSR count). The zero-order chi connectivity index (χ0) is 26.2. The molecule has 1 aliphatic heterocycles. The van der Waals surface area contributed by atoms with Crippen molar-refractivity contribution < 1.29 is 18.7 Å². The molecular weight excluding hydrogens is 493 g/mol. The Kier molecular flexibility index (Phi) is 9.39. The number of nitrogens with zero attached hydrogens (tertiary/aromatic N) is 1. The molecule has 0 unspecified atom stereocenters. The van der Waals surface area contributed by atoms with E-state index in [9.17, 15) is 9.18 Å². The minimum Gasteiger partial charge on any atom is -0.497 e. The quantitative estimate of drug-likeness (QED) is 0.383. The highest BCUT2D eigenvalue weighted by Gasteiger charge is 2.36. The molecule has 1 aliphatic rings. The lowest BCUT2D eigenvalue weighted by atomic mass is 10.1. The standard InChI is InChI=1S/C29H33ClFN3O3/c1-36-25-11-10-22(28(16-25)37-2)17-33-24-15-27(34(19-24)18-20-6-5-8-23(30)14-20)29(35)32-13-12-21-7-3-4-9-26(21)31/h3-11,14,16,24,27,33H,12-13,15,17-19H2,1-2H3,(H,32,35)/t24-,27-/m0/s1. The first kappa shape index (κ1) is 26.9. The molecule has 6 nitrogen and oxygen atoms in total. The highest BCUT2D eigenvalue weighted by molar-refractivity contribution is 6.30. The Morgan fingerprint density at radius 1 is 1.05 bits per heavy atom. The maximum Gasteiger partial charge on any atom is 0.237 e. The molecule has 0 aliphatic carbocycles. The van der Waals surface area contributed by atoms with Gasteiger partial charge in [-0.05, 0) is 48.2 Å². The molecule has 8 heteroatoms. The zero-order valence-corrected chi connectivity index (χ0v) is 21.9. The van der Waals surface area contributed by atoms with Crippen LogP contribution >= 0.6 is 11.6 Å². The molecule has 1 heterocycles. The SMILES string of the molecule is COc1ccc(CN[C@H]2C[C@@H](C(=O)NCCc3ccccc3F)N(Cc3cccc(Cl)c3)C2)c(OC)c1. The minimum atomic E-state index is -0.310. The molecule has 1 amide bonds. The average Bonchev–Trinajstić information content (AvgIpc) is 3.31. The van der Waals surface area contributed by atoms with Crippen molar-refractivity contribution in [3.8, 4) is 11.5 Å². The van der Waals surface area contributed by atoms with E-state index < -0.39 is 0 Å². The number of methoxy groups -OCH3 is 2. The lowest BCUT2D eigenvalue weighted by Gasteiger charge is -2.23. The summed E-state index contributed by atoms with van der Waals surface area (Å²) in [5, 5.41) is 7.28. The van der Waals surface area contributed by atoms with Gasteiger partial charge < -0.3 is 20.1 Å². The van der Waals surface area contributed by atoms with Crippen molar-refractivity contribution in [2.45, 2.75) is 38.0 Å². The first-order chi connectivity index (χ1) is 18.0. The molecule has 0 aromatic heterocycles. The lowest BCUT2D eigenvalue weighted by Crippen LogP contribution is -2.43. The van der Waals surface area contributed by atoms with Crippen LogP contribution in [0.25, 0.3) is 0 Å². The summed E-state index contributed by atoms with van der Waals surface area (Å²) < 4.78 is 24.8. The Morgan fingerprint density at radius 3 is 2.65 bits per heavy atom. The Balaban J connectivity index is 1.41. The molecule has 0 saturated carbocycles. The maximum absolute atomic E-state index is 14.0. The van der Waals surface area contributed by atoms with Crippen molar-refractivity contribution in [2.75, 3.05) is 27.3 Å². The van der Waals surface area contributed by atoms with Crippen molar-refractivity contribution in [1.29, 1.82) is 0 Å². The number of halogens is 2. The summed E-state index contributed by atoms with van der Waals surface area (Å²) in [6.07, 6.45) is 1.10. The predicted octanol–water partition coefficient (Wildman–Crippen LogP) is 4.59. The second-order valence-corrected chi connectivity index (χ2v) is 9.64. The van der Waals surface area contributed by atoms with Crippen LogP contribution in [0.1, 0.15) is 23.1 Å². The van der Waals surface area contributed by atoms with Gasteiger partial charge in [-0.15, -0.1) is 0 Å². The first-order valence-electron chi connectivity index (χ1n) is 12.4. The molecule has 1 fully saturated rings. The van der Waals surface area contributed by atoms with Crippen molar-refractivity contribution in [1.82, 2.24) is 15.5 Å². The van der Waals surface area contributed by atoms with Gasteiger partial charge in [-0.25, -0.2) is 4.39 Å². The number of amides is 1. The predicted molar refractivity (Wildman–Crippen MR) is 144 cm³/mol. The number of carbonyl (C=O) groups is 1. The van der Waals surface area contributed by atoms with E-state index in [4.69, 9.17) is 21.1 Å². The molecule has 196 valence electrons. The van der Waals surface area contributed by atoms with Crippen LogP contribution in [0.4, 0.5) is 4.39 Å². The van der Waals surface area contributed by atoms with Gasteiger partial charge in [-0.2, -0.15) is 0 Å². The topological polar surface area (TPSA) is 62.8 Å². The number of benzene rings is 3. The number of ether oxygens (including phenoxy) is 2. The van der Waals surface area contributed by atoms with Gasteiger partial charge in [-0.3, -0.25) is 9.69 Å². The first-order valence-corrected chi connectivity index (χ1v) is 12.8. The zero-order valence-electron chi connectivity index (χ0n) is 21.2. The Bertz CT molecular complexity index is 1210. The fraction of sp³-hybridized carbons (Fsp3) is 0.345. The Morgan fingerprint density at radius 2 is 1.89 bits per heavy atom. The monoisotopic (exact) mass is 525 g/mol. The smallest absolute Gasteiger partial charge is 0.237 e. The normalized spacial score (nSPS) is 17.5. The van der Waals surface area contributed by atoms with Crippen LogP contribution in [-0.4, -0.2) is 50.2 Å². The minimum absolute atomic E-state index is 0.0512. The van der Waals surface area contributed by atoms with Gasteiger partial charge in [0.1, 0.15) is 17.3 Å². The average molecular weight is 526 g/mol. The van der Waals surface area contributed by atoms with Crippen molar-refractivity contribution >= 4 is 17.5 Å². The summed E-state index contributed by atoms with van der Waals surface area (Å²) in [7, 11) is 3.27. The fourth-order valence-corrected chi connectivity index (χ4v) is 4.97. The molecule has 0 bridgehead atoms. The molecule has 0 radical (unpaired) electrons. The number of rotatable bonds is 11. The second-order valence-electron chi connectivity index (χ2n) is 9.20. The Labute approximate surface area is 222 Å². The van der Waals surface area contributed by atoms with Gasteiger partial charge in [0.05, 0.1) is 20.3 Å². The van der Waals surface area contributed by atoms with Crippen molar-refractivity contribution in [3.63, 3.8) is 0 Å². The summed E-state index contributed by atoms with van der Waals surface area (Å²) >= 11 is 6.20. The van der Waals surface area contributed by atoms with Crippen LogP contribution in [0.5, 0.6) is 11.5 Å². The largest absolute Gasteiger partial charge is 0.497 e. The number of carbonyl (C=O) groups excluding carboxylic acids is 1. The summed E-state index contributed by atoms with van der Waals surface area (Å²) in [5.41, 5.74) is 2.66. The third-order valence-corrected chi connectivity index (χ3v) is 6.94. The third kappa shape index (κ3) is 7.22. The van der Waals surface area contributed by atoms with Crippen LogP contribution < -0.4 is 20.1 Å². The van der Waals surface area contributed by atoms with Crippen LogP contribution in [0.2, 0.25) is 5.02 Å². The van der Waals surface area contributed by atoms with Crippen LogP contribution in [0.3, 0.4) is 0 Å². The molecule has 1 saturated heterocycles. The van der Waals surface area contributed by atoms with E-state index in [1.807, 2.05) is 42.5 Å². The van der Waals surface area contributed by atoms with Crippen LogP contribution in [0.15, 0.2) is 66.7 Å². The molecule has 3 aromatic rings. The summed E-state index contributed by atoms with van der Waals surface area (Å²) in [5.74, 6) is 1.19. The summed E-state index contributed by atoms with van der Waals surface area (Å²) in [6.45, 7) is 2.29. The molecule has 3 aromatic carbocycles. The molecule has 37 heavy (non-hydrogen) atoms.